The Morgan fingerprint density at radius 2 is 0.670 bits per heavy atom. The molecule has 13 aromatic rings. The minimum absolute atomic E-state index is 0.309. The van der Waals surface area contributed by atoms with Crippen LogP contribution in [0.15, 0.2) is 323 Å². The second-order valence-electron chi connectivity index (χ2n) is 23.4. The lowest BCUT2D eigenvalue weighted by molar-refractivity contribution is 0.306. The summed E-state index contributed by atoms with van der Waals surface area (Å²) in [6.45, 7) is 8.63. The van der Waals surface area contributed by atoms with Gasteiger partial charge in [-0.2, -0.15) is 0 Å². The SMILES string of the molecule is C=Cc1ccc(COc2ccc(C3(c4ccc(F)cc4)c4ccccc4-c4ccc(N(c5ccc(-c6cccc(-c7ccccc7)c6)cc5)c5ccc6c(c5)C(c5ccc(F)cc5)(c5ccc(OCc7ccc(C=C)cc7)cc5)c5ccccc5-6)cc43)cc2)cc1. The third kappa shape index (κ3) is 10.0. The maximum absolute atomic E-state index is 15.3. The van der Waals surface area contributed by atoms with Gasteiger partial charge in [-0.1, -0.05) is 244 Å². The molecule has 0 saturated heterocycles. The topological polar surface area (TPSA) is 21.7 Å². The van der Waals surface area contributed by atoms with Gasteiger partial charge in [0.1, 0.15) is 36.3 Å². The molecular weight excluding hydrogens is 1120 g/mol. The molecule has 0 saturated carbocycles. The Morgan fingerprint density at radius 3 is 1.10 bits per heavy atom. The quantitative estimate of drug-likeness (QED) is 0.0907. The molecule has 13 aromatic carbocycles. The van der Waals surface area contributed by atoms with E-state index < -0.39 is 10.8 Å². The van der Waals surface area contributed by atoms with Crippen molar-refractivity contribution < 1.29 is 18.3 Å². The number of halogens is 2. The number of hydrogen-bond donors (Lipinski definition) is 0. The molecule has 2 aliphatic carbocycles. The first kappa shape index (κ1) is 56.1. The maximum atomic E-state index is 15.3. The Morgan fingerprint density at radius 1 is 0.308 bits per heavy atom. The van der Waals surface area contributed by atoms with Gasteiger partial charge in [-0.25, -0.2) is 8.78 Å². The van der Waals surface area contributed by atoms with Gasteiger partial charge in [-0.3, -0.25) is 0 Å². The van der Waals surface area contributed by atoms with Gasteiger partial charge in [0, 0.05) is 17.1 Å². The number of anilines is 3. The van der Waals surface area contributed by atoms with Crippen LogP contribution in [-0.2, 0) is 24.0 Å². The van der Waals surface area contributed by atoms with E-state index in [1.165, 1.54) is 0 Å². The van der Waals surface area contributed by atoms with Crippen LogP contribution < -0.4 is 14.4 Å². The zero-order valence-corrected chi connectivity index (χ0v) is 49.9. The van der Waals surface area contributed by atoms with Crippen LogP contribution in [0.2, 0.25) is 0 Å². The largest absolute Gasteiger partial charge is 0.489 e. The van der Waals surface area contributed by atoms with Crippen LogP contribution in [0, 0.1) is 11.6 Å². The van der Waals surface area contributed by atoms with Crippen LogP contribution in [0.5, 0.6) is 11.5 Å². The summed E-state index contributed by atoms with van der Waals surface area (Å²) in [5, 5.41) is 0. The maximum Gasteiger partial charge on any atom is 0.123 e. The third-order valence-corrected chi connectivity index (χ3v) is 18.4. The van der Waals surface area contributed by atoms with Crippen molar-refractivity contribution in [2.45, 2.75) is 24.0 Å². The van der Waals surface area contributed by atoms with Gasteiger partial charge in [0.2, 0.25) is 0 Å². The van der Waals surface area contributed by atoms with Crippen molar-refractivity contribution in [3.05, 3.63) is 401 Å². The van der Waals surface area contributed by atoms with E-state index in [0.717, 1.165) is 140 Å². The molecule has 15 rings (SSSR count). The van der Waals surface area contributed by atoms with E-state index >= 15 is 8.78 Å². The van der Waals surface area contributed by atoms with Gasteiger partial charge in [0.15, 0.2) is 0 Å². The molecule has 0 aromatic heterocycles. The molecule has 436 valence electrons. The monoisotopic (exact) mass is 1180 g/mol. The van der Waals surface area contributed by atoms with Crippen molar-refractivity contribution in [2.75, 3.05) is 4.90 Å². The number of nitrogens with zero attached hydrogens (tertiary/aromatic N) is 1. The number of ether oxygens (including phenoxy) is 2. The van der Waals surface area contributed by atoms with E-state index in [1.54, 1.807) is 24.3 Å². The molecule has 0 aliphatic heterocycles. The van der Waals surface area contributed by atoms with E-state index in [4.69, 9.17) is 9.47 Å². The van der Waals surface area contributed by atoms with Gasteiger partial charge in [0.05, 0.1) is 10.8 Å². The molecule has 2 atom stereocenters. The summed E-state index contributed by atoms with van der Waals surface area (Å²) >= 11 is 0. The lowest BCUT2D eigenvalue weighted by Crippen LogP contribution is -2.29. The summed E-state index contributed by atoms with van der Waals surface area (Å²) < 4.78 is 43.6. The molecule has 91 heavy (non-hydrogen) atoms. The number of rotatable bonds is 17. The fourth-order valence-electron chi connectivity index (χ4n) is 14.0. The molecule has 0 bridgehead atoms. The highest BCUT2D eigenvalue weighted by Gasteiger charge is 2.48. The summed E-state index contributed by atoms with van der Waals surface area (Å²) in [5.74, 6) is 0.850. The van der Waals surface area contributed by atoms with Crippen LogP contribution >= 0.6 is 0 Å². The third-order valence-electron chi connectivity index (χ3n) is 18.4. The second-order valence-corrected chi connectivity index (χ2v) is 23.4. The van der Waals surface area contributed by atoms with Crippen LogP contribution in [0.4, 0.5) is 25.8 Å². The highest BCUT2D eigenvalue weighted by molar-refractivity contribution is 5.93. The van der Waals surface area contributed by atoms with E-state index in [2.05, 4.69) is 224 Å². The zero-order valence-electron chi connectivity index (χ0n) is 49.9. The Balaban J connectivity index is 0.907. The normalized spacial score (nSPS) is 15.0. The second kappa shape index (κ2) is 23.6. The Bertz CT molecular complexity index is 4580. The van der Waals surface area contributed by atoms with Crippen molar-refractivity contribution in [1.29, 1.82) is 0 Å². The van der Waals surface area contributed by atoms with Crippen LogP contribution in [0.1, 0.15) is 66.8 Å². The first-order chi connectivity index (χ1) is 44.8. The van der Waals surface area contributed by atoms with Crippen molar-refractivity contribution in [1.82, 2.24) is 0 Å². The molecule has 2 unspecified atom stereocenters. The zero-order chi connectivity index (χ0) is 61.5. The van der Waals surface area contributed by atoms with Gasteiger partial charge in [0.25, 0.3) is 0 Å². The van der Waals surface area contributed by atoms with Crippen molar-refractivity contribution in [3.8, 4) is 56.0 Å². The molecule has 0 heterocycles. The summed E-state index contributed by atoms with van der Waals surface area (Å²) in [6.07, 6.45) is 3.67. The lowest BCUT2D eigenvalue weighted by atomic mass is 9.67. The van der Waals surface area contributed by atoms with Gasteiger partial charge >= 0.3 is 0 Å². The first-order valence-corrected chi connectivity index (χ1v) is 30.7. The predicted molar refractivity (Wildman–Crippen MR) is 368 cm³/mol. The molecular formula is C86H61F2NO2. The van der Waals surface area contributed by atoms with Crippen LogP contribution in [-0.4, -0.2) is 0 Å². The number of fused-ring (bicyclic) bond motifs is 6. The van der Waals surface area contributed by atoms with E-state index in [1.807, 2.05) is 91.0 Å². The lowest BCUT2D eigenvalue weighted by Gasteiger charge is -2.36. The van der Waals surface area contributed by atoms with E-state index in [-0.39, 0.29) is 11.6 Å². The molecule has 0 amide bonds. The van der Waals surface area contributed by atoms with Gasteiger partial charge in [-0.15, -0.1) is 0 Å². The van der Waals surface area contributed by atoms with Crippen LogP contribution in [0.3, 0.4) is 0 Å². The molecule has 0 N–H and O–H groups in total. The smallest absolute Gasteiger partial charge is 0.123 e. The van der Waals surface area contributed by atoms with Crippen molar-refractivity contribution in [2.24, 2.45) is 0 Å². The van der Waals surface area contributed by atoms with Crippen molar-refractivity contribution >= 4 is 29.2 Å². The molecule has 3 nitrogen and oxygen atoms in total. The summed E-state index contributed by atoms with van der Waals surface area (Å²) in [7, 11) is 0. The number of benzene rings is 13. The van der Waals surface area contributed by atoms with Gasteiger partial charge < -0.3 is 14.4 Å². The molecule has 0 fully saturated rings. The van der Waals surface area contributed by atoms with E-state index in [0.29, 0.717) is 13.2 Å². The fourth-order valence-corrected chi connectivity index (χ4v) is 14.0. The molecule has 2 aliphatic rings. The predicted octanol–water partition coefficient (Wildman–Crippen LogP) is 21.9. The summed E-state index contributed by atoms with van der Waals surface area (Å²) in [4.78, 5) is 2.36. The standard InChI is InChI=1S/C86H61F2NO2/c1-3-58-21-25-60(26-22-58)56-90-75-47-35-68(36-48-75)85(66-31-39-70(87)40-32-66)81-19-10-8-17-77(81)79-51-45-73(54-83(79)85)89(72-43-29-63(30-44-72)65-16-12-15-64(53-65)62-13-6-5-7-14-62)74-46-52-80-78-18-9-11-20-82(78)86(84(80)55-74,67-33-41-71(88)42-34-67)69-37-49-76(50-38-69)91-57-61-27-23-59(4-2)24-28-61/h3-55H,1-2,56-57H2. The molecule has 5 heteroatoms. The van der Waals surface area contributed by atoms with Crippen molar-refractivity contribution in [3.63, 3.8) is 0 Å². The van der Waals surface area contributed by atoms with Crippen LogP contribution in [0.25, 0.3) is 56.7 Å². The average molecular weight is 1180 g/mol. The number of hydrogen-bond acceptors (Lipinski definition) is 3. The Hall–Kier alpha value is -11.4. The summed E-state index contributed by atoms with van der Waals surface area (Å²) in [5.41, 5.74) is 22.2. The Labute approximate surface area is 530 Å². The van der Waals surface area contributed by atoms with E-state index in [9.17, 15) is 0 Å². The molecule has 0 spiro atoms. The first-order valence-electron chi connectivity index (χ1n) is 30.7. The summed E-state index contributed by atoms with van der Waals surface area (Å²) in [6, 6.07) is 106. The highest BCUT2D eigenvalue weighted by Crippen LogP contribution is 2.60. The fraction of sp³-hybridized carbons (Fsp3) is 0.0465. The highest BCUT2D eigenvalue weighted by atomic mass is 19.1. The minimum Gasteiger partial charge on any atom is -0.489 e. The minimum atomic E-state index is -0.892. The Kier molecular flexibility index (Phi) is 14.6. The molecule has 0 radical (unpaired) electrons. The van der Waals surface area contributed by atoms with Gasteiger partial charge in [-0.05, 0) is 202 Å². The average Bonchev–Trinajstić information content (AvgIpc) is 1.57.